The Bertz CT molecular complexity index is 435. The minimum Gasteiger partial charge on any atom is -0.389 e. The van der Waals surface area contributed by atoms with Crippen molar-refractivity contribution >= 4 is 10.0 Å². The molecule has 1 aromatic rings. The number of aryl methyl sites for hydroxylation is 1. The molecule has 0 aliphatic carbocycles. The van der Waals surface area contributed by atoms with E-state index in [0.717, 1.165) is 5.56 Å². The Morgan fingerprint density at radius 3 is 2.35 bits per heavy atom. The molecule has 0 radical (unpaired) electrons. The molecule has 0 atom stereocenters. The smallest absolute Gasteiger partial charge is 0.212 e. The summed E-state index contributed by atoms with van der Waals surface area (Å²) in [6.07, 6.45) is 0.474. The van der Waals surface area contributed by atoms with Gasteiger partial charge in [-0.05, 0) is 25.8 Å². The van der Waals surface area contributed by atoms with Gasteiger partial charge in [-0.2, -0.15) is 0 Å². The van der Waals surface area contributed by atoms with E-state index in [1.165, 1.54) is 0 Å². The van der Waals surface area contributed by atoms with Crippen LogP contribution in [0.2, 0.25) is 0 Å². The lowest BCUT2D eigenvalue weighted by atomic mass is 10.1. The van der Waals surface area contributed by atoms with E-state index >= 15 is 0 Å². The monoisotopic (exact) mass is 257 g/mol. The molecule has 96 valence electrons. The second-order valence-electron chi connectivity index (χ2n) is 4.69. The van der Waals surface area contributed by atoms with Crippen LogP contribution in [-0.4, -0.2) is 31.4 Å². The van der Waals surface area contributed by atoms with E-state index in [2.05, 4.69) is 4.72 Å². The molecule has 17 heavy (non-hydrogen) atoms. The van der Waals surface area contributed by atoms with Crippen molar-refractivity contribution in [2.24, 2.45) is 0 Å². The van der Waals surface area contributed by atoms with Crippen molar-refractivity contribution in [1.82, 2.24) is 4.72 Å². The zero-order valence-corrected chi connectivity index (χ0v) is 11.0. The molecular weight excluding hydrogens is 238 g/mol. The van der Waals surface area contributed by atoms with Crippen LogP contribution in [0.3, 0.4) is 0 Å². The predicted molar refractivity (Wildman–Crippen MR) is 68.2 cm³/mol. The second-order valence-corrected chi connectivity index (χ2v) is 6.61. The standard InChI is InChI=1S/C12H19NO3S/c1-12(2,14)10-13-17(15,16)9-8-11-6-4-3-5-7-11/h3-7,13-14H,8-10H2,1-2H3. The van der Waals surface area contributed by atoms with Gasteiger partial charge in [0.05, 0.1) is 11.4 Å². The molecule has 2 N–H and O–H groups in total. The SMILES string of the molecule is CC(C)(O)CNS(=O)(=O)CCc1ccccc1. The zero-order valence-electron chi connectivity index (χ0n) is 10.2. The van der Waals surface area contributed by atoms with E-state index in [1.54, 1.807) is 13.8 Å². The maximum atomic E-state index is 11.6. The van der Waals surface area contributed by atoms with Gasteiger partial charge in [0.25, 0.3) is 0 Å². The van der Waals surface area contributed by atoms with Gasteiger partial charge >= 0.3 is 0 Å². The van der Waals surface area contributed by atoms with Crippen molar-refractivity contribution in [2.45, 2.75) is 25.9 Å². The van der Waals surface area contributed by atoms with Crippen LogP contribution >= 0.6 is 0 Å². The third-order valence-electron chi connectivity index (χ3n) is 2.23. The van der Waals surface area contributed by atoms with Gasteiger partial charge in [-0.3, -0.25) is 0 Å². The lowest BCUT2D eigenvalue weighted by Gasteiger charge is -2.17. The maximum Gasteiger partial charge on any atom is 0.212 e. The van der Waals surface area contributed by atoms with Crippen molar-refractivity contribution in [1.29, 1.82) is 0 Å². The number of sulfonamides is 1. The molecular formula is C12H19NO3S. The molecule has 0 heterocycles. The number of nitrogens with one attached hydrogen (secondary N) is 1. The van der Waals surface area contributed by atoms with Gasteiger partial charge in [0.2, 0.25) is 10.0 Å². The number of hydrogen-bond donors (Lipinski definition) is 2. The van der Waals surface area contributed by atoms with Crippen LogP contribution in [-0.2, 0) is 16.4 Å². The molecule has 0 saturated carbocycles. The summed E-state index contributed by atoms with van der Waals surface area (Å²) >= 11 is 0. The topological polar surface area (TPSA) is 66.4 Å². The van der Waals surface area contributed by atoms with Crippen molar-refractivity contribution < 1.29 is 13.5 Å². The van der Waals surface area contributed by atoms with Crippen LogP contribution in [0.4, 0.5) is 0 Å². The number of benzene rings is 1. The molecule has 5 heteroatoms. The second kappa shape index (κ2) is 5.62. The molecule has 0 bridgehead atoms. The minimum atomic E-state index is -3.32. The first-order valence-electron chi connectivity index (χ1n) is 5.52. The summed E-state index contributed by atoms with van der Waals surface area (Å²) < 4.78 is 25.6. The van der Waals surface area contributed by atoms with Crippen LogP contribution in [0.5, 0.6) is 0 Å². The van der Waals surface area contributed by atoms with E-state index in [4.69, 9.17) is 0 Å². The molecule has 0 aliphatic rings. The van der Waals surface area contributed by atoms with E-state index in [-0.39, 0.29) is 12.3 Å². The summed E-state index contributed by atoms with van der Waals surface area (Å²) in [5, 5.41) is 9.44. The summed E-state index contributed by atoms with van der Waals surface area (Å²) in [4.78, 5) is 0. The fourth-order valence-electron chi connectivity index (χ4n) is 1.26. The van der Waals surface area contributed by atoms with Gasteiger partial charge in [0.15, 0.2) is 0 Å². The van der Waals surface area contributed by atoms with Crippen LogP contribution in [0, 0.1) is 0 Å². The summed E-state index contributed by atoms with van der Waals surface area (Å²) in [5.41, 5.74) is -0.0408. The lowest BCUT2D eigenvalue weighted by molar-refractivity contribution is 0.0857. The summed E-state index contributed by atoms with van der Waals surface area (Å²) in [6, 6.07) is 9.44. The Labute approximate surface area is 103 Å². The van der Waals surface area contributed by atoms with Crippen LogP contribution < -0.4 is 4.72 Å². The van der Waals surface area contributed by atoms with Crippen molar-refractivity contribution in [2.75, 3.05) is 12.3 Å². The summed E-state index contributed by atoms with van der Waals surface area (Å²) in [7, 11) is -3.32. The molecule has 1 rings (SSSR count). The van der Waals surface area contributed by atoms with E-state index in [1.807, 2.05) is 30.3 Å². The lowest BCUT2D eigenvalue weighted by Crippen LogP contribution is -2.39. The molecule has 0 amide bonds. The maximum absolute atomic E-state index is 11.6. The highest BCUT2D eigenvalue weighted by Crippen LogP contribution is 2.03. The highest BCUT2D eigenvalue weighted by molar-refractivity contribution is 7.89. The average Bonchev–Trinajstić information content (AvgIpc) is 2.25. The third-order valence-corrected chi connectivity index (χ3v) is 3.55. The van der Waals surface area contributed by atoms with Crippen molar-refractivity contribution in [3.05, 3.63) is 35.9 Å². The highest BCUT2D eigenvalue weighted by Gasteiger charge is 2.17. The van der Waals surface area contributed by atoms with Crippen molar-refractivity contribution in [3.8, 4) is 0 Å². The highest BCUT2D eigenvalue weighted by atomic mass is 32.2. The molecule has 0 unspecified atom stereocenters. The average molecular weight is 257 g/mol. The minimum absolute atomic E-state index is 0.0319. The van der Waals surface area contributed by atoms with Gasteiger partial charge < -0.3 is 5.11 Å². The summed E-state index contributed by atoms with van der Waals surface area (Å²) in [6.45, 7) is 3.16. The number of aliphatic hydroxyl groups is 1. The first-order valence-corrected chi connectivity index (χ1v) is 7.17. The quantitative estimate of drug-likeness (QED) is 0.796. The Kier molecular flexibility index (Phi) is 4.68. The van der Waals surface area contributed by atoms with Gasteiger partial charge in [-0.15, -0.1) is 0 Å². The first kappa shape index (κ1) is 14.2. The molecule has 1 aromatic carbocycles. The number of hydrogen-bond acceptors (Lipinski definition) is 3. The van der Waals surface area contributed by atoms with Crippen LogP contribution in [0.15, 0.2) is 30.3 Å². The van der Waals surface area contributed by atoms with Gasteiger partial charge in [-0.1, -0.05) is 30.3 Å². The molecule has 0 spiro atoms. The Hall–Kier alpha value is -0.910. The summed E-state index contributed by atoms with van der Waals surface area (Å²) in [5.74, 6) is 0.0348. The van der Waals surface area contributed by atoms with Gasteiger partial charge in [0, 0.05) is 6.54 Å². The Morgan fingerprint density at radius 1 is 1.24 bits per heavy atom. The van der Waals surface area contributed by atoms with E-state index in [9.17, 15) is 13.5 Å². The predicted octanol–water partition coefficient (Wildman–Crippen LogP) is 0.919. The zero-order chi connectivity index (χ0) is 12.9. The van der Waals surface area contributed by atoms with E-state index < -0.39 is 15.6 Å². The van der Waals surface area contributed by atoms with Crippen LogP contribution in [0.1, 0.15) is 19.4 Å². The largest absolute Gasteiger partial charge is 0.389 e. The van der Waals surface area contributed by atoms with Gasteiger partial charge in [0.1, 0.15) is 0 Å². The molecule has 0 aromatic heterocycles. The fraction of sp³-hybridized carbons (Fsp3) is 0.500. The van der Waals surface area contributed by atoms with Crippen molar-refractivity contribution in [3.63, 3.8) is 0 Å². The normalized spacial score (nSPS) is 12.6. The first-order chi connectivity index (χ1) is 7.79. The van der Waals surface area contributed by atoms with Gasteiger partial charge in [-0.25, -0.2) is 13.1 Å². The molecule has 0 aliphatic heterocycles. The Morgan fingerprint density at radius 2 is 1.82 bits per heavy atom. The fourth-order valence-corrected chi connectivity index (χ4v) is 2.48. The number of rotatable bonds is 6. The molecule has 0 fully saturated rings. The molecule has 4 nitrogen and oxygen atoms in total. The Balaban J connectivity index is 2.46. The van der Waals surface area contributed by atoms with Crippen LogP contribution in [0.25, 0.3) is 0 Å². The van der Waals surface area contributed by atoms with E-state index in [0.29, 0.717) is 6.42 Å². The molecule has 0 saturated heterocycles. The third kappa shape index (κ3) is 6.41.